The number of imidazole rings is 1. The number of benzene rings is 1. The molecule has 0 aliphatic carbocycles. The lowest BCUT2D eigenvalue weighted by Gasteiger charge is -2.36. The van der Waals surface area contributed by atoms with E-state index in [1.165, 1.54) is 0 Å². The first-order chi connectivity index (χ1) is 9.08. The van der Waals surface area contributed by atoms with Gasteiger partial charge in [0.15, 0.2) is 0 Å². The molecule has 2 N–H and O–H groups in total. The van der Waals surface area contributed by atoms with Crippen LogP contribution in [0, 0.1) is 5.92 Å². The monoisotopic (exact) mass is 278 g/mol. The Bertz CT molecular complexity index is 607. The zero-order valence-corrected chi connectivity index (χ0v) is 12.1. The average Bonchev–Trinajstić information content (AvgIpc) is 2.67. The van der Waals surface area contributed by atoms with Gasteiger partial charge in [0.2, 0.25) is 5.95 Å². The van der Waals surface area contributed by atoms with Gasteiger partial charge in [-0.25, -0.2) is 4.98 Å². The molecule has 0 spiro atoms. The lowest BCUT2D eigenvalue weighted by molar-refractivity contribution is 0.162. The summed E-state index contributed by atoms with van der Waals surface area (Å²) in [6.45, 7) is 4.43. The molecule has 1 saturated heterocycles. The molecular formula is C14H19ClN4. The summed E-state index contributed by atoms with van der Waals surface area (Å²) in [4.78, 5) is 6.80. The molecule has 0 bridgehead atoms. The number of likely N-dealkylation sites (tertiary alicyclic amines) is 1. The van der Waals surface area contributed by atoms with Crippen LogP contribution in [-0.4, -0.2) is 34.6 Å². The molecule has 102 valence electrons. The Hall–Kier alpha value is -1.26. The third kappa shape index (κ3) is 2.09. The van der Waals surface area contributed by atoms with Crippen LogP contribution in [0.1, 0.15) is 19.4 Å². The topological polar surface area (TPSA) is 47.1 Å². The Morgan fingerprint density at radius 1 is 1.42 bits per heavy atom. The summed E-state index contributed by atoms with van der Waals surface area (Å²) < 4.78 is 2.13. The highest BCUT2D eigenvalue weighted by molar-refractivity contribution is 6.35. The molecule has 2 heterocycles. The van der Waals surface area contributed by atoms with Gasteiger partial charge in [-0.1, -0.05) is 24.6 Å². The zero-order chi connectivity index (χ0) is 13.6. The Morgan fingerprint density at radius 3 is 2.95 bits per heavy atom. The van der Waals surface area contributed by atoms with Crippen LogP contribution in [0.25, 0.3) is 11.0 Å². The van der Waals surface area contributed by atoms with E-state index in [2.05, 4.69) is 28.4 Å². The molecule has 0 radical (unpaired) electrons. The molecule has 1 aromatic heterocycles. The quantitative estimate of drug-likeness (QED) is 0.873. The molecule has 1 aromatic carbocycles. The summed E-state index contributed by atoms with van der Waals surface area (Å²) >= 11 is 6.34. The van der Waals surface area contributed by atoms with Crippen molar-refractivity contribution in [2.45, 2.75) is 19.4 Å². The number of nitrogens with zero attached hydrogens (tertiary/aromatic N) is 3. The molecule has 2 aromatic rings. The number of fused-ring (bicyclic) bond motifs is 1. The number of rotatable bonds is 1. The molecule has 0 amide bonds. The van der Waals surface area contributed by atoms with Crippen molar-refractivity contribution < 1.29 is 0 Å². The standard InChI is InChI=1S/C14H19ClN4/c1-9-8-18(2)7-6-12(9)19-13-10(15)4-3-5-11(13)17-14(19)16/h3-5,9,12H,6-8H2,1-2H3,(H2,16,17). The van der Waals surface area contributed by atoms with Crippen LogP contribution in [0.15, 0.2) is 18.2 Å². The highest BCUT2D eigenvalue weighted by atomic mass is 35.5. The van der Waals surface area contributed by atoms with Gasteiger partial charge in [-0.15, -0.1) is 0 Å². The molecule has 4 nitrogen and oxygen atoms in total. The smallest absolute Gasteiger partial charge is 0.201 e. The minimum Gasteiger partial charge on any atom is -0.369 e. The number of piperidine rings is 1. The fourth-order valence-corrected chi connectivity index (χ4v) is 3.45. The van der Waals surface area contributed by atoms with Crippen molar-refractivity contribution in [1.82, 2.24) is 14.5 Å². The minimum atomic E-state index is 0.376. The van der Waals surface area contributed by atoms with Crippen LogP contribution >= 0.6 is 11.6 Å². The van der Waals surface area contributed by atoms with Gasteiger partial charge in [-0.3, -0.25) is 0 Å². The van der Waals surface area contributed by atoms with E-state index in [0.717, 1.165) is 35.6 Å². The second kappa shape index (κ2) is 4.69. The third-order valence-electron chi connectivity index (χ3n) is 4.08. The van der Waals surface area contributed by atoms with Crippen LogP contribution in [0.2, 0.25) is 5.02 Å². The maximum atomic E-state index is 6.34. The maximum absolute atomic E-state index is 6.34. The number of aromatic nitrogens is 2. The molecule has 0 saturated carbocycles. The highest BCUT2D eigenvalue weighted by Gasteiger charge is 2.28. The van der Waals surface area contributed by atoms with E-state index in [0.29, 0.717) is 17.9 Å². The predicted molar refractivity (Wildman–Crippen MR) is 79.5 cm³/mol. The van der Waals surface area contributed by atoms with Crippen molar-refractivity contribution in [3.8, 4) is 0 Å². The number of nitrogen functional groups attached to an aromatic ring is 1. The van der Waals surface area contributed by atoms with Crippen LogP contribution in [-0.2, 0) is 0 Å². The Labute approximate surface area is 118 Å². The van der Waals surface area contributed by atoms with Crippen LogP contribution in [0.3, 0.4) is 0 Å². The van der Waals surface area contributed by atoms with Crippen LogP contribution in [0.4, 0.5) is 5.95 Å². The van der Waals surface area contributed by atoms with Crippen molar-refractivity contribution in [2.75, 3.05) is 25.9 Å². The molecule has 1 aliphatic heterocycles. The van der Waals surface area contributed by atoms with Crippen molar-refractivity contribution >= 4 is 28.6 Å². The molecule has 19 heavy (non-hydrogen) atoms. The van der Waals surface area contributed by atoms with Crippen molar-refractivity contribution in [3.05, 3.63) is 23.2 Å². The lowest BCUT2D eigenvalue weighted by Crippen LogP contribution is -2.38. The molecule has 3 rings (SSSR count). The highest BCUT2D eigenvalue weighted by Crippen LogP contribution is 2.35. The van der Waals surface area contributed by atoms with E-state index >= 15 is 0 Å². The first-order valence-corrected chi connectivity index (χ1v) is 7.06. The molecule has 1 fully saturated rings. The van der Waals surface area contributed by atoms with E-state index in [9.17, 15) is 0 Å². The second-order valence-electron chi connectivity index (χ2n) is 5.54. The van der Waals surface area contributed by atoms with Gasteiger partial charge in [0.25, 0.3) is 0 Å². The van der Waals surface area contributed by atoms with E-state index in [4.69, 9.17) is 17.3 Å². The van der Waals surface area contributed by atoms with Gasteiger partial charge in [-0.2, -0.15) is 0 Å². The predicted octanol–water partition coefficient (Wildman–Crippen LogP) is 2.78. The number of hydrogen-bond acceptors (Lipinski definition) is 3. The van der Waals surface area contributed by atoms with Crippen LogP contribution < -0.4 is 5.73 Å². The molecule has 5 heteroatoms. The Morgan fingerprint density at radius 2 is 2.21 bits per heavy atom. The number of nitrogens with two attached hydrogens (primary N) is 1. The molecule has 1 aliphatic rings. The minimum absolute atomic E-state index is 0.376. The van der Waals surface area contributed by atoms with Gasteiger partial charge >= 0.3 is 0 Å². The molecular weight excluding hydrogens is 260 g/mol. The van der Waals surface area contributed by atoms with Gasteiger partial charge in [0.1, 0.15) is 0 Å². The summed E-state index contributed by atoms with van der Waals surface area (Å²) in [6.07, 6.45) is 1.08. The van der Waals surface area contributed by atoms with Gasteiger partial charge < -0.3 is 15.2 Å². The first-order valence-electron chi connectivity index (χ1n) is 6.68. The summed E-state index contributed by atoms with van der Waals surface area (Å²) in [5.41, 5.74) is 7.99. The maximum Gasteiger partial charge on any atom is 0.201 e. The Balaban J connectivity index is 2.12. The summed E-state index contributed by atoms with van der Waals surface area (Å²) in [6, 6.07) is 6.16. The number of hydrogen-bond donors (Lipinski definition) is 1. The third-order valence-corrected chi connectivity index (χ3v) is 4.39. The van der Waals surface area contributed by atoms with Gasteiger partial charge in [0.05, 0.1) is 16.1 Å². The summed E-state index contributed by atoms with van der Waals surface area (Å²) in [7, 11) is 2.16. The number of anilines is 1. The van der Waals surface area contributed by atoms with Gasteiger partial charge in [0, 0.05) is 12.6 Å². The van der Waals surface area contributed by atoms with E-state index < -0.39 is 0 Å². The fourth-order valence-electron chi connectivity index (χ4n) is 3.19. The fraction of sp³-hybridized carbons (Fsp3) is 0.500. The van der Waals surface area contributed by atoms with Crippen molar-refractivity contribution in [1.29, 1.82) is 0 Å². The number of para-hydroxylation sites is 1. The SMILES string of the molecule is CC1CN(C)CCC1n1c(N)nc2cccc(Cl)c21. The van der Waals surface area contributed by atoms with Crippen LogP contribution in [0.5, 0.6) is 0 Å². The van der Waals surface area contributed by atoms with Crippen molar-refractivity contribution in [2.24, 2.45) is 5.92 Å². The summed E-state index contributed by atoms with van der Waals surface area (Å²) in [5, 5.41) is 0.729. The largest absolute Gasteiger partial charge is 0.369 e. The Kier molecular flexibility index (Phi) is 3.15. The normalized spacial score (nSPS) is 25.0. The molecule has 2 atom stereocenters. The average molecular weight is 279 g/mol. The lowest BCUT2D eigenvalue weighted by atomic mass is 9.94. The van der Waals surface area contributed by atoms with E-state index in [1.54, 1.807) is 0 Å². The molecule has 2 unspecified atom stereocenters. The summed E-state index contributed by atoms with van der Waals surface area (Å²) in [5.74, 6) is 1.11. The van der Waals surface area contributed by atoms with Gasteiger partial charge in [-0.05, 0) is 38.1 Å². The second-order valence-corrected chi connectivity index (χ2v) is 5.95. The number of halogens is 1. The van der Waals surface area contributed by atoms with Crippen molar-refractivity contribution in [3.63, 3.8) is 0 Å². The van der Waals surface area contributed by atoms with E-state index in [-0.39, 0.29) is 0 Å². The van der Waals surface area contributed by atoms with E-state index in [1.807, 2.05) is 18.2 Å². The first kappa shape index (κ1) is 12.8. The zero-order valence-electron chi connectivity index (χ0n) is 11.3.